The van der Waals surface area contributed by atoms with Crippen LogP contribution in [0.25, 0.3) is 0 Å². The molecule has 0 bridgehead atoms. The van der Waals surface area contributed by atoms with E-state index < -0.39 is 11.9 Å². The minimum Gasteiger partial charge on any atom is -0.497 e. The number of methoxy groups -OCH3 is 1. The zero-order chi connectivity index (χ0) is 34.0. The van der Waals surface area contributed by atoms with Crippen molar-refractivity contribution in [3.8, 4) is 17.2 Å². The highest BCUT2D eigenvalue weighted by atomic mass is 16.5. The third-order valence-corrected chi connectivity index (χ3v) is 7.75. The highest BCUT2D eigenvalue weighted by molar-refractivity contribution is 6.03. The first kappa shape index (κ1) is 36.8. The Labute approximate surface area is 278 Å². The molecule has 0 aliphatic carbocycles. The van der Waals surface area contributed by atoms with E-state index in [1.165, 1.54) is 0 Å². The zero-order valence-corrected chi connectivity index (χ0v) is 27.8. The third-order valence-electron chi connectivity index (χ3n) is 7.75. The number of hydrogen-bond donors (Lipinski definition) is 3. The number of carboxylic acid groups (broad SMARTS) is 1. The summed E-state index contributed by atoms with van der Waals surface area (Å²) in [7, 11) is 1.64. The van der Waals surface area contributed by atoms with Gasteiger partial charge in [-0.25, -0.2) is 0 Å². The van der Waals surface area contributed by atoms with Gasteiger partial charge in [-0.3, -0.25) is 14.4 Å². The number of unbranched alkanes of at least 4 members (excludes halogenated alkanes) is 1. The van der Waals surface area contributed by atoms with Crippen LogP contribution in [-0.2, 0) is 27.2 Å². The van der Waals surface area contributed by atoms with Gasteiger partial charge in [-0.1, -0.05) is 44.2 Å². The maximum absolute atomic E-state index is 12.8. The maximum Gasteiger partial charge on any atom is 0.304 e. The first-order chi connectivity index (χ1) is 22.6. The average molecular weight is 645 g/mol. The molecule has 0 aromatic heterocycles. The van der Waals surface area contributed by atoms with Gasteiger partial charge in [0.25, 0.3) is 0 Å². The topological polar surface area (TPSA) is 135 Å². The summed E-state index contributed by atoms with van der Waals surface area (Å²) in [6, 6.07) is 22.5. The quantitative estimate of drug-likeness (QED) is 0.0728. The van der Waals surface area contributed by atoms with Crippen LogP contribution in [0.5, 0.6) is 17.2 Å². The predicted octanol–water partition coefficient (Wildman–Crippen LogP) is 7.21. The summed E-state index contributed by atoms with van der Waals surface area (Å²) in [6.45, 7) is 5.61. The van der Waals surface area contributed by atoms with Crippen LogP contribution in [0.3, 0.4) is 0 Å². The Hall–Kier alpha value is -4.66. The van der Waals surface area contributed by atoms with Crippen molar-refractivity contribution in [3.63, 3.8) is 0 Å². The number of benzene rings is 3. The monoisotopic (exact) mass is 644 g/mol. The fourth-order valence-corrected chi connectivity index (χ4v) is 4.99. The van der Waals surface area contributed by atoms with Crippen LogP contribution in [-0.4, -0.2) is 55.2 Å². The smallest absolute Gasteiger partial charge is 0.304 e. The van der Waals surface area contributed by atoms with Gasteiger partial charge in [0.05, 0.1) is 26.7 Å². The highest BCUT2D eigenvalue weighted by Crippen LogP contribution is 2.21. The number of ether oxygens (including phenoxy) is 3. The summed E-state index contributed by atoms with van der Waals surface area (Å²) in [5, 5.41) is 21.4. The molecule has 0 amide bonds. The SMILES string of the molecule is COc1cccc(NCCCOc2ccc(C[C@@H](CC(=O)O)C(=N)CC(=O)Cc3ccc(OCCCCC(=O)C(C)C)cc3)cc2)c1. The summed E-state index contributed by atoms with van der Waals surface area (Å²) < 4.78 is 16.9. The molecule has 0 saturated heterocycles. The van der Waals surface area contributed by atoms with Crippen molar-refractivity contribution in [1.29, 1.82) is 5.41 Å². The summed E-state index contributed by atoms with van der Waals surface area (Å²) in [6.07, 6.45) is 3.13. The Balaban J connectivity index is 1.40. The van der Waals surface area contributed by atoms with E-state index in [1.54, 1.807) is 7.11 Å². The number of rotatable bonds is 23. The fourth-order valence-electron chi connectivity index (χ4n) is 4.99. The minimum atomic E-state index is -1.00. The number of carboxylic acids is 1. The van der Waals surface area contributed by atoms with E-state index >= 15 is 0 Å². The Morgan fingerprint density at radius 3 is 2.09 bits per heavy atom. The molecule has 3 aromatic rings. The standard InChI is InChI=1S/C38H48N2O7/c1-27(2)37(42)10-4-5-20-46-33-17-13-29(14-18-33)23-32(41)26-36(39)30(24-38(43)44)22-28-11-15-34(16-12-28)47-21-7-19-40-31-8-6-9-35(25-31)45-3/h6,8-9,11-18,25,27,30,39-40H,4-5,7,10,19-24,26H2,1-3H3,(H,43,44)/t30-/m0/s1. The highest BCUT2D eigenvalue weighted by Gasteiger charge is 2.21. The molecule has 3 rings (SSSR count). The van der Waals surface area contributed by atoms with Crippen molar-refractivity contribution in [2.24, 2.45) is 11.8 Å². The van der Waals surface area contributed by atoms with Gasteiger partial charge in [0.15, 0.2) is 0 Å². The molecular weight excluding hydrogens is 596 g/mol. The Kier molecular flexibility index (Phi) is 15.5. The van der Waals surface area contributed by atoms with Crippen LogP contribution in [0.4, 0.5) is 5.69 Å². The molecule has 1 atom stereocenters. The largest absolute Gasteiger partial charge is 0.497 e. The number of Topliss-reactive ketones (excluding diaryl/α,β-unsaturated/α-hetero) is 2. The van der Waals surface area contributed by atoms with Gasteiger partial charge in [-0.05, 0) is 73.2 Å². The van der Waals surface area contributed by atoms with Crippen molar-refractivity contribution in [3.05, 3.63) is 83.9 Å². The number of aliphatic carboxylic acids is 1. The average Bonchev–Trinajstić information content (AvgIpc) is 3.05. The Morgan fingerprint density at radius 1 is 0.830 bits per heavy atom. The molecule has 252 valence electrons. The van der Waals surface area contributed by atoms with Crippen molar-refractivity contribution < 1.29 is 33.7 Å². The van der Waals surface area contributed by atoms with Crippen molar-refractivity contribution >= 4 is 28.9 Å². The molecule has 47 heavy (non-hydrogen) atoms. The van der Waals surface area contributed by atoms with E-state index in [2.05, 4.69) is 5.32 Å². The van der Waals surface area contributed by atoms with Gasteiger partial charge in [-0.2, -0.15) is 0 Å². The van der Waals surface area contributed by atoms with E-state index in [9.17, 15) is 19.5 Å². The normalized spacial score (nSPS) is 11.5. The zero-order valence-electron chi connectivity index (χ0n) is 27.8. The van der Waals surface area contributed by atoms with Gasteiger partial charge in [0, 0.05) is 55.1 Å². The molecule has 0 radical (unpaired) electrons. The van der Waals surface area contributed by atoms with E-state index in [4.69, 9.17) is 19.6 Å². The molecule has 0 saturated carbocycles. The van der Waals surface area contributed by atoms with E-state index in [0.29, 0.717) is 37.6 Å². The first-order valence-electron chi connectivity index (χ1n) is 16.3. The third kappa shape index (κ3) is 14.1. The van der Waals surface area contributed by atoms with Gasteiger partial charge < -0.3 is 30.0 Å². The summed E-state index contributed by atoms with van der Waals surface area (Å²) >= 11 is 0. The van der Waals surface area contributed by atoms with Crippen LogP contribution in [0.2, 0.25) is 0 Å². The fraction of sp³-hybridized carbons (Fsp3) is 0.421. The lowest BCUT2D eigenvalue weighted by atomic mass is 9.88. The van der Waals surface area contributed by atoms with Gasteiger partial charge in [0.1, 0.15) is 28.8 Å². The van der Waals surface area contributed by atoms with E-state index in [0.717, 1.165) is 48.4 Å². The summed E-state index contributed by atoms with van der Waals surface area (Å²) in [5.74, 6) is 0.808. The first-order valence-corrected chi connectivity index (χ1v) is 16.3. The molecule has 0 aliphatic heterocycles. The van der Waals surface area contributed by atoms with Crippen LogP contribution >= 0.6 is 0 Å². The Morgan fingerprint density at radius 2 is 1.47 bits per heavy atom. The molecule has 0 heterocycles. The van der Waals surface area contributed by atoms with Crippen LogP contribution in [0.1, 0.15) is 63.5 Å². The molecule has 0 unspecified atom stereocenters. The number of nitrogens with one attached hydrogen (secondary N) is 2. The molecule has 0 aliphatic rings. The number of anilines is 1. The van der Waals surface area contributed by atoms with Crippen LogP contribution < -0.4 is 19.5 Å². The molecular formula is C38H48N2O7. The van der Waals surface area contributed by atoms with Gasteiger partial charge >= 0.3 is 5.97 Å². The lowest BCUT2D eigenvalue weighted by Crippen LogP contribution is -2.23. The molecule has 3 aromatic carbocycles. The Bertz CT molecular complexity index is 1440. The van der Waals surface area contributed by atoms with Crippen molar-refractivity contribution in [1.82, 2.24) is 0 Å². The molecule has 9 heteroatoms. The second kappa shape index (κ2) is 19.8. The second-order valence-electron chi connectivity index (χ2n) is 12.0. The van der Waals surface area contributed by atoms with Gasteiger partial charge in [-0.15, -0.1) is 0 Å². The van der Waals surface area contributed by atoms with Crippen molar-refractivity contribution in [2.75, 3.05) is 32.2 Å². The van der Waals surface area contributed by atoms with Gasteiger partial charge in [0.2, 0.25) is 0 Å². The lowest BCUT2D eigenvalue weighted by Gasteiger charge is -2.17. The number of carbonyl (C=O) groups is 3. The van der Waals surface area contributed by atoms with Crippen LogP contribution in [0.15, 0.2) is 72.8 Å². The predicted molar refractivity (Wildman–Crippen MR) is 184 cm³/mol. The number of carbonyl (C=O) groups excluding carboxylic acids is 2. The summed E-state index contributed by atoms with van der Waals surface area (Å²) in [4.78, 5) is 36.1. The number of hydrogen-bond acceptors (Lipinski definition) is 8. The molecule has 9 nitrogen and oxygen atoms in total. The lowest BCUT2D eigenvalue weighted by molar-refractivity contribution is -0.137. The summed E-state index contributed by atoms with van der Waals surface area (Å²) in [5.41, 5.74) is 2.79. The van der Waals surface area contributed by atoms with E-state index in [-0.39, 0.29) is 42.5 Å². The number of ketones is 2. The van der Waals surface area contributed by atoms with Crippen LogP contribution in [0, 0.1) is 17.2 Å². The minimum absolute atomic E-state index is 0.0623. The maximum atomic E-state index is 12.8. The molecule has 3 N–H and O–H groups in total. The van der Waals surface area contributed by atoms with E-state index in [1.807, 2.05) is 86.6 Å². The molecule has 0 fully saturated rings. The second-order valence-corrected chi connectivity index (χ2v) is 12.0. The molecule has 0 spiro atoms. The van der Waals surface area contributed by atoms with Crippen molar-refractivity contribution in [2.45, 2.75) is 65.2 Å².